The van der Waals surface area contributed by atoms with Gasteiger partial charge in [0.2, 0.25) is 0 Å². The number of ether oxygens (including phenoxy) is 2. The Morgan fingerprint density at radius 2 is 1.48 bits per heavy atom. The van der Waals surface area contributed by atoms with Crippen molar-refractivity contribution in [2.45, 2.75) is 25.8 Å². The maximum atomic E-state index is 12.6. The van der Waals surface area contributed by atoms with Crippen LogP contribution in [0.2, 0.25) is 0 Å². The van der Waals surface area contributed by atoms with Gasteiger partial charge in [-0.1, -0.05) is 66.7 Å². The van der Waals surface area contributed by atoms with Gasteiger partial charge in [0.1, 0.15) is 11.5 Å². The van der Waals surface area contributed by atoms with E-state index in [0.29, 0.717) is 19.7 Å². The lowest BCUT2D eigenvalue weighted by Gasteiger charge is -2.30. The standard InChI is InChI=1S/C25H25NO3/c1-2-28-25(27)26(18-19-10-4-3-5-11-19)17-16-20-21-12-6-8-14-23(21)29-24-15-9-7-13-22(20)24/h3-15,20H,2,16-18H2,1H3. The van der Waals surface area contributed by atoms with Crippen LogP contribution in [-0.2, 0) is 11.3 Å². The second kappa shape index (κ2) is 8.82. The van der Waals surface area contributed by atoms with E-state index >= 15 is 0 Å². The molecule has 3 aromatic carbocycles. The number of hydrogen-bond acceptors (Lipinski definition) is 3. The fourth-order valence-corrected chi connectivity index (χ4v) is 3.86. The first kappa shape index (κ1) is 19.1. The van der Waals surface area contributed by atoms with E-state index in [0.717, 1.165) is 34.6 Å². The lowest BCUT2D eigenvalue weighted by molar-refractivity contribution is 0.103. The second-order valence-corrected chi connectivity index (χ2v) is 7.13. The van der Waals surface area contributed by atoms with Gasteiger partial charge in [0.15, 0.2) is 0 Å². The molecule has 0 spiro atoms. The summed E-state index contributed by atoms with van der Waals surface area (Å²) in [6.07, 6.45) is 0.522. The zero-order valence-corrected chi connectivity index (χ0v) is 16.6. The summed E-state index contributed by atoms with van der Waals surface area (Å²) in [5, 5.41) is 0. The number of amides is 1. The normalized spacial score (nSPS) is 12.4. The summed E-state index contributed by atoms with van der Waals surface area (Å²) in [5.41, 5.74) is 3.41. The molecule has 4 nitrogen and oxygen atoms in total. The van der Waals surface area contributed by atoms with Crippen LogP contribution < -0.4 is 4.74 Å². The van der Waals surface area contributed by atoms with Gasteiger partial charge in [0.25, 0.3) is 0 Å². The average molecular weight is 387 g/mol. The van der Waals surface area contributed by atoms with Gasteiger partial charge in [-0.2, -0.15) is 0 Å². The summed E-state index contributed by atoms with van der Waals surface area (Å²) in [6.45, 7) is 3.34. The molecule has 0 saturated carbocycles. The highest BCUT2D eigenvalue weighted by molar-refractivity contribution is 5.67. The number of nitrogens with zero attached hydrogens (tertiary/aromatic N) is 1. The van der Waals surface area contributed by atoms with Crippen molar-refractivity contribution in [2.24, 2.45) is 0 Å². The maximum absolute atomic E-state index is 12.6. The van der Waals surface area contributed by atoms with E-state index in [1.54, 1.807) is 4.90 Å². The van der Waals surface area contributed by atoms with Crippen molar-refractivity contribution in [3.05, 3.63) is 95.6 Å². The molecule has 0 N–H and O–H groups in total. The van der Waals surface area contributed by atoms with Gasteiger partial charge in [-0.15, -0.1) is 0 Å². The Morgan fingerprint density at radius 3 is 2.10 bits per heavy atom. The molecule has 1 aliphatic heterocycles. The van der Waals surface area contributed by atoms with E-state index in [4.69, 9.17) is 9.47 Å². The molecule has 4 heteroatoms. The molecule has 0 aromatic heterocycles. The maximum Gasteiger partial charge on any atom is 0.410 e. The van der Waals surface area contributed by atoms with Gasteiger partial charge in [0, 0.05) is 30.1 Å². The summed E-state index contributed by atoms with van der Waals surface area (Å²) in [5.74, 6) is 1.95. The van der Waals surface area contributed by atoms with Crippen LogP contribution in [0.3, 0.4) is 0 Å². The number of carbonyl (C=O) groups excluding carboxylic acids is 1. The summed E-state index contributed by atoms with van der Waals surface area (Å²) in [7, 11) is 0. The van der Waals surface area contributed by atoms with Crippen molar-refractivity contribution >= 4 is 6.09 Å². The van der Waals surface area contributed by atoms with Crippen LogP contribution in [0.15, 0.2) is 78.9 Å². The van der Waals surface area contributed by atoms with Crippen molar-refractivity contribution < 1.29 is 14.3 Å². The predicted octanol–water partition coefficient (Wildman–Crippen LogP) is 5.97. The van der Waals surface area contributed by atoms with Gasteiger partial charge < -0.3 is 14.4 Å². The van der Waals surface area contributed by atoms with E-state index < -0.39 is 0 Å². The van der Waals surface area contributed by atoms with Gasteiger partial charge in [-0.3, -0.25) is 0 Å². The molecule has 148 valence electrons. The molecule has 1 amide bonds. The van der Waals surface area contributed by atoms with Crippen LogP contribution in [-0.4, -0.2) is 24.1 Å². The molecule has 0 unspecified atom stereocenters. The Kier molecular flexibility index (Phi) is 5.80. The molecule has 0 radical (unpaired) electrons. The van der Waals surface area contributed by atoms with E-state index in [1.165, 1.54) is 0 Å². The third-order valence-electron chi connectivity index (χ3n) is 5.24. The predicted molar refractivity (Wildman–Crippen MR) is 113 cm³/mol. The number of para-hydroxylation sites is 2. The monoisotopic (exact) mass is 387 g/mol. The van der Waals surface area contributed by atoms with Crippen LogP contribution in [0.25, 0.3) is 0 Å². The number of benzene rings is 3. The lowest BCUT2D eigenvalue weighted by atomic mass is 9.85. The molecule has 0 saturated heterocycles. The highest BCUT2D eigenvalue weighted by Gasteiger charge is 2.28. The number of carbonyl (C=O) groups is 1. The molecule has 1 heterocycles. The average Bonchev–Trinajstić information content (AvgIpc) is 2.76. The minimum Gasteiger partial charge on any atom is -0.457 e. The van der Waals surface area contributed by atoms with Crippen molar-refractivity contribution in [2.75, 3.05) is 13.2 Å². The van der Waals surface area contributed by atoms with Gasteiger partial charge in [-0.25, -0.2) is 4.79 Å². The summed E-state index contributed by atoms with van der Waals surface area (Å²) in [6, 6.07) is 26.3. The second-order valence-electron chi connectivity index (χ2n) is 7.13. The fraction of sp³-hybridized carbons (Fsp3) is 0.240. The first-order chi connectivity index (χ1) is 14.3. The molecule has 3 aromatic rings. The summed E-state index contributed by atoms with van der Waals surface area (Å²) >= 11 is 0. The van der Waals surface area contributed by atoms with Crippen LogP contribution in [0.4, 0.5) is 4.79 Å². The van der Waals surface area contributed by atoms with Gasteiger partial charge in [0.05, 0.1) is 6.61 Å². The molecule has 29 heavy (non-hydrogen) atoms. The number of rotatable bonds is 6. The van der Waals surface area contributed by atoms with E-state index in [-0.39, 0.29) is 12.0 Å². The first-order valence-corrected chi connectivity index (χ1v) is 10.1. The van der Waals surface area contributed by atoms with Crippen molar-refractivity contribution in [1.82, 2.24) is 4.90 Å². The van der Waals surface area contributed by atoms with E-state index in [9.17, 15) is 4.79 Å². The van der Waals surface area contributed by atoms with Gasteiger partial charge >= 0.3 is 6.09 Å². The SMILES string of the molecule is CCOC(=O)N(CCC1c2ccccc2Oc2ccccc21)Cc1ccccc1. The number of hydrogen-bond donors (Lipinski definition) is 0. The Bertz CT molecular complexity index is 925. The highest BCUT2D eigenvalue weighted by atomic mass is 16.6. The minimum absolute atomic E-state index is 0.170. The Hall–Kier alpha value is -3.27. The van der Waals surface area contributed by atoms with Crippen LogP contribution in [0.1, 0.15) is 36.0 Å². The molecule has 0 bridgehead atoms. The first-order valence-electron chi connectivity index (χ1n) is 10.1. The summed E-state index contributed by atoms with van der Waals surface area (Å²) in [4.78, 5) is 14.4. The topological polar surface area (TPSA) is 38.8 Å². The lowest BCUT2D eigenvalue weighted by Crippen LogP contribution is -2.33. The molecular formula is C25H25NO3. The van der Waals surface area contributed by atoms with Gasteiger partial charge in [-0.05, 0) is 31.0 Å². The minimum atomic E-state index is -0.273. The molecular weight excluding hydrogens is 362 g/mol. The highest BCUT2D eigenvalue weighted by Crippen LogP contribution is 2.45. The Morgan fingerprint density at radius 1 is 0.897 bits per heavy atom. The van der Waals surface area contributed by atoms with E-state index in [2.05, 4.69) is 12.1 Å². The molecule has 1 aliphatic rings. The van der Waals surface area contributed by atoms with Crippen molar-refractivity contribution in [1.29, 1.82) is 0 Å². The largest absolute Gasteiger partial charge is 0.457 e. The van der Waals surface area contributed by atoms with Crippen LogP contribution in [0.5, 0.6) is 11.5 Å². The van der Waals surface area contributed by atoms with Crippen molar-refractivity contribution in [3.63, 3.8) is 0 Å². The Labute approximate surface area is 171 Å². The third-order valence-corrected chi connectivity index (χ3v) is 5.24. The quantitative estimate of drug-likeness (QED) is 0.523. The Balaban J connectivity index is 1.57. The smallest absolute Gasteiger partial charge is 0.410 e. The molecule has 0 atom stereocenters. The van der Waals surface area contributed by atoms with Crippen LogP contribution in [0, 0.1) is 0 Å². The molecule has 4 rings (SSSR count). The van der Waals surface area contributed by atoms with E-state index in [1.807, 2.05) is 73.7 Å². The number of fused-ring (bicyclic) bond motifs is 2. The summed E-state index contributed by atoms with van der Waals surface area (Å²) < 4.78 is 11.4. The zero-order chi connectivity index (χ0) is 20.1. The zero-order valence-electron chi connectivity index (χ0n) is 16.6. The molecule has 0 aliphatic carbocycles. The molecule has 0 fully saturated rings. The van der Waals surface area contributed by atoms with Crippen LogP contribution >= 0.6 is 0 Å². The fourth-order valence-electron chi connectivity index (χ4n) is 3.86. The van der Waals surface area contributed by atoms with Crippen molar-refractivity contribution in [3.8, 4) is 11.5 Å². The third kappa shape index (κ3) is 4.27.